The van der Waals surface area contributed by atoms with Crippen molar-refractivity contribution in [1.29, 1.82) is 0 Å². The number of hydrogen-bond acceptors (Lipinski definition) is 5. The lowest BCUT2D eigenvalue weighted by atomic mass is 10.0. The van der Waals surface area contributed by atoms with E-state index in [4.69, 9.17) is 4.42 Å². The van der Waals surface area contributed by atoms with Gasteiger partial charge in [0.05, 0.1) is 18.4 Å². The van der Waals surface area contributed by atoms with Crippen molar-refractivity contribution in [3.8, 4) is 0 Å². The summed E-state index contributed by atoms with van der Waals surface area (Å²) in [5.41, 5.74) is 0.837. The predicted octanol–water partition coefficient (Wildman–Crippen LogP) is 4.44. The first kappa shape index (κ1) is 20.0. The summed E-state index contributed by atoms with van der Waals surface area (Å²) in [6.07, 6.45) is -4.20. The Morgan fingerprint density at radius 1 is 1.33 bits per heavy atom. The number of benzene rings is 1. The molecule has 158 valence electrons. The van der Waals surface area contributed by atoms with Gasteiger partial charge in [0.1, 0.15) is 11.6 Å². The number of halogens is 3. The fourth-order valence-electron chi connectivity index (χ4n) is 3.43. The Labute approximate surface area is 169 Å². The third-order valence-corrected chi connectivity index (χ3v) is 4.94. The Balaban J connectivity index is 1.61. The standard InChI is InChI=1S/C20H19F3N4O3/c1-11(28)12-4-2-5-13(8-12)24-19(29)15-10-18-25-14(16-6-3-7-30-16)9-17(20(21,22)23)27(18)26-15/h2-8,10-11,14,17,25,28H,9H2,1H3,(H,24,29)/t11-,14+,17-/m0/s1. The molecule has 0 saturated heterocycles. The van der Waals surface area contributed by atoms with Crippen molar-refractivity contribution in [2.45, 2.75) is 37.7 Å². The zero-order valence-corrected chi connectivity index (χ0v) is 15.8. The van der Waals surface area contributed by atoms with Gasteiger partial charge in [0.2, 0.25) is 0 Å². The Morgan fingerprint density at radius 3 is 2.80 bits per heavy atom. The summed E-state index contributed by atoms with van der Waals surface area (Å²) in [6, 6.07) is 8.44. The van der Waals surface area contributed by atoms with E-state index in [0.717, 1.165) is 4.68 Å². The maximum atomic E-state index is 13.7. The van der Waals surface area contributed by atoms with Crippen LogP contribution in [0.4, 0.5) is 24.7 Å². The van der Waals surface area contributed by atoms with Crippen LogP contribution in [0.3, 0.4) is 0 Å². The van der Waals surface area contributed by atoms with Gasteiger partial charge in [-0.25, -0.2) is 4.68 Å². The molecule has 0 fully saturated rings. The number of carbonyl (C=O) groups excluding carboxylic acids is 1. The predicted molar refractivity (Wildman–Crippen MR) is 102 cm³/mol. The average Bonchev–Trinajstić information content (AvgIpc) is 3.36. The minimum atomic E-state index is -4.55. The lowest BCUT2D eigenvalue weighted by molar-refractivity contribution is -0.174. The third kappa shape index (κ3) is 3.90. The Bertz CT molecular complexity index is 1040. The molecule has 1 amide bonds. The maximum Gasteiger partial charge on any atom is 0.410 e. The van der Waals surface area contributed by atoms with Crippen LogP contribution in [0.15, 0.2) is 53.1 Å². The zero-order chi connectivity index (χ0) is 21.5. The molecule has 1 aliphatic heterocycles. The van der Waals surface area contributed by atoms with Crippen LogP contribution in [0.2, 0.25) is 0 Å². The minimum absolute atomic E-state index is 0.0767. The normalized spacial score (nSPS) is 19.6. The van der Waals surface area contributed by atoms with Gasteiger partial charge in [0.15, 0.2) is 11.7 Å². The van der Waals surface area contributed by atoms with Gasteiger partial charge in [-0.1, -0.05) is 12.1 Å². The van der Waals surface area contributed by atoms with Gasteiger partial charge in [-0.15, -0.1) is 0 Å². The number of alkyl halides is 3. The highest BCUT2D eigenvalue weighted by atomic mass is 19.4. The van der Waals surface area contributed by atoms with Crippen LogP contribution in [-0.4, -0.2) is 27.0 Å². The van der Waals surface area contributed by atoms with Gasteiger partial charge in [0, 0.05) is 18.2 Å². The SMILES string of the molecule is C[C@H](O)c1cccc(NC(=O)c2cc3n(n2)[C@H](C(F)(F)F)C[C@H](c2ccco2)N3)c1. The van der Waals surface area contributed by atoms with Crippen molar-refractivity contribution in [3.05, 3.63) is 65.7 Å². The van der Waals surface area contributed by atoms with Crippen LogP contribution in [0.1, 0.15) is 53.3 Å². The molecule has 0 saturated carbocycles. The fourth-order valence-corrected chi connectivity index (χ4v) is 3.43. The molecule has 4 rings (SSSR count). The molecule has 3 atom stereocenters. The molecule has 2 aromatic heterocycles. The second-order valence-electron chi connectivity index (χ2n) is 7.12. The summed E-state index contributed by atoms with van der Waals surface area (Å²) in [6.45, 7) is 1.59. The first-order valence-corrected chi connectivity index (χ1v) is 9.28. The van der Waals surface area contributed by atoms with Gasteiger partial charge >= 0.3 is 6.18 Å². The number of rotatable bonds is 4. The highest BCUT2D eigenvalue weighted by Crippen LogP contribution is 2.43. The molecule has 0 aliphatic carbocycles. The quantitative estimate of drug-likeness (QED) is 0.580. The summed E-state index contributed by atoms with van der Waals surface area (Å²) in [4.78, 5) is 12.6. The molecular weight excluding hydrogens is 401 g/mol. The first-order valence-electron chi connectivity index (χ1n) is 9.28. The van der Waals surface area contributed by atoms with E-state index in [0.29, 0.717) is 17.0 Å². The van der Waals surface area contributed by atoms with E-state index in [2.05, 4.69) is 15.7 Å². The Morgan fingerprint density at radius 2 is 2.13 bits per heavy atom. The number of nitrogens with one attached hydrogen (secondary N) is 2. The number of nitrogens with zero attached hydrogens (tertiary/aromatic N) is 2. The van der Waals surface area contributed by atoms with Crippen LogP contribution < -0.4 is 10.6 Å². The summed E-state index contributed by atoms with van der Waals surface area (Å²) in [5.74, 6) is -0.206. The second-order valence-corrected chi connectivity index (χ2v) is 7.12. The van der Waals surface area contributed by atoms with Gasteiger partial charge in [-0.05, 0) is 36.8 Å². The first-order chi connectivity index (χ1) is 14.2. The van der Waals surface area contributed by atoms with E-state index in [1.807, 2.05) is 0 Å². The van der Waals surface area contributed by atoms with Crippen molar-refractivity contribution in [3.63, 3.8) is 0 Å². The van der Waals surface area contributed by atoms with Crippen LogP contribution in [0.5, 0.6) is 0 Å². The molecule has 3 N–H and O–H groups in total. The van der Waals surface area contributed by atoms with E-state index in [9.17, 15) is 23.1 Å². The Hall–Kier alpha value is -3.27. The number of hydrogen-bond donors (Lipinski definition) is 3. The molecule has 30 heavy (non-hydrogen) atoms. The number of amides is 1. The number of furan rings is 1. The Kier molecular flexibility index (Phi) is 5.02. The maximum absolute atomic E-state index is 13.7. The van der Waals surface area contributed by atoms with Gasteiger partial charge in [-0.2, -0.15) is 18.3 Å². The topological polar surface area (TPSA) is 92.3 Å². The van der Waals surface area contributed by atoms with Crippen LogP contribution in [0, 0.1) is 0 Å². The molecule has 0 unspecified atom stereocenters. The van der Waals surface area contributed by atoms with Crippen molar-refractivity contribution >= 4 is 17.4 Å². The molecule has 10 heteroatoms. The van der Waals surface area contributed by atoms with Gasteiger partial charge in [-0.3, -0.25) is 4.79 Å². The highest BCUT2D eigenvalue weighted by Gasteiger charge is 2.47. The molecule has 0 bridgehead atoms. The van der Waals surface area contributed by atoms with Crippen LogP contribution in [0.25, 0.3) is 0 Å². The van der Waals surface area contributed by atoms with Crippen molar-refractivity contribution in [1.82, 2.24) is 9.78 Å². The highest BCUT2D eigenvalue weighted by molar-refractivity contribution is 6.03. The number of aliphatic hydroxyl groups excluding tert-OH is 1. The molecule has 3 aromatic rings. The molecule has 7 nitrogen and oxygen atoms in total. The fraction of sp³-hybridized carbons (Fsp3) is 0.300. The summed E-state index contributed by atoms with van der Waals surface area (Å²) in [5, 5.41) is 19.1. The average molecular weight is 420 g/mol. The van der Waals surface area contributed by atoms with Crippen LogP contribution in [-0.2, 0) is 0 Å². The molecule has 0 spiro atoms. The van der Waals surface area contributed by atoms with Crippen molar-refractivity contribution < 1.29 is 27.5 Å². The molecular formula is C20H19F3N4O3. The number of fused-ring (bicyclic) bond motifs is 1. The second kappa shape index (κ2) is 7.52. The third-order valence-electron chi connectivity index (χ3n) is 4.94. The lowest BCUT2D eigenvalue weighted by Gasteiger charge is -2.32. The number of anilines is 2. The molecule has 0 radical (unpaired) electrons. The monoisotopic (exact) mass is 420 g/mol. The lowest BCUT2D eigenvalue weighted by Crippen LogP contribution is -2.35. The molecule has 3 heterocycles. The van der Waals surface area contributed by atoms with Gasteiger partial charge in [0.25, 0.3) is 5.91 Å². The van der Waals surface area contributed by atoms with Crippen LogP contribution >= 0.6 is 0 Å². The number of carbonyl (C=O) groups is 1. The van der Waals surface area contributed by atoms with E-state index in [-0.39, 0.29) is 17.9 Å². The zero-order valence-electron chi connectivity index (χ0n) is 15.8. The minimum Gasteiger partial charge on any atom is -0.467 e. The van der Waals surface area contributed by atoms with E-state index >= 15 is 0 Å². The summed E-state index contributed by atoms with van der Waals surface area (Å²) < 4.78 is 47.1. The summed E-state index contributed by atoms with van der Waals surface area (Å²) >= 11 is 0. The van der Waals surface area contributed by atoms with E-state index < -0.39 is 30.3 Å². The smallest absolute Gasteiger partial charge is 0.410 e. The van der Waals surface area contributed by atoms with E-state index in [1.165, 1.54) is 12.3 Å². The molecule has 1 aromatic carbocycles. The van der Waals surface area contributed by atoms with Crippen molar-refractivity contribution in [2.75, 3.05) is 10.6 Å². The van der Waals surface area contributed by atoms with Gasteiger partial charge < -0.3 is 20.2 Å². The van der Waals surface area contributed by atoms with E-state index in [1.54, 1.807) is 43.3 Å². The molecule has 1 aliphatic rings. The van der Waals surface area contributed by atoms with Crippen molar-refractivity contribution in [2.24, 2.45) is 0 Å². The number of aliphatic hydroxyl groups is 1. The largest absolute Gasteiger partial charge is 0.467 e. The number of aromatic nitrogens is 2. The summed E-state index contributed by atoms with van der Waals surface area (Å²) in [7, 11) is 0.